The van der Waals surface area contributed by atoms with E-state index in [9.17, 15) is 5.11 Å². The second-order valence-corrected chi connectivity index (χ2v) is 4.41. The zero-order chi connectivity index (χ0) is 15.2. The second kappa shape index (κ2) is 6.53. The van der Waals surface area contributed by atoms with E-state index in [1.807, 2.05) is 54.6 Å². The predicted molar refractivity (Wildman–Crippen MR) is 82.7 cm³/mol. The zero-order valence-corrected chi connectivity index (χ0v) is 11.3. The fraction of sp³-hybridized carbons (Fsp3) is 0.0667. The van der Waals surface area contributed by atoms with Crippen molar-refractivity contribution >= 4 is 17.0 Å². The van der Waals surface area contributed by atoms with Crippen molar-refractivity contribution in [2.45, 2.75) is 6.10 Å². The molecule has 0 fully saturated rings. The molecule has 6 nitrogen and oxygen atoms in total. The van der Waals surface area contributed by atoms with Gasteiger partial charge in [0.25, 0.3) is 0 Å². The third-order valence-corrected chi connectivity index (χ3v) is 2.78. The Labute approximate surface area is 121 Å². The van der Waals surface area contributed by atoms with Crippen LogP contribution >= 0.6 is 0 Å². The van der Waals surface area contributed by atoms with Crippen LogP contribution in [-0.2, 0) is 0 Å². The standard InChI is InChI=1S/C14H12N2O.CH5N3/c17-13(10-6-2-1-3-7-10)14-15-11-8-4-5-9-12(11)16-14;2-1(3)4/h1-9,13,17H,(H,15,16);(H5,2,3,4). The van der Waals surface area contributed by atoms with Gasteiger partial charge in [-0.2, -0.15) is 0 Å². The number of fused-ring (bicyclic) bond motifs is 1. The van der Waals surface area contributed by atoms with Crippen molar-refractivity contribution in [2.75, 3.05) is 0 Å². The summed E-state index contributed by atoms with van der Waals surface area (Å²) in [6, 6.07) is 17.3. The fourth-order valence-corrected chi connectivity index (χ4v) is 1.90. The van der Waals surface area contributed by atoms with Crippen molar-refractivity contribution in [3.63, 3.8) is 0 Å². The Morgan fingerprint density at radius 3 is 2.24 bits per heavy atom. The molecule has 3 rings (SSSR count). The summed E-state index contributed by atoms with van der Waals surface area (Å²) in [6.07, 6.45) is -0.705. The van der Waals surface area contributed by atoms with Crippen molar-refractivity contribution in [1.82, 2.24) is 9.97 Å². The van der Waals surface area contributed by atoms with Gasteiger partial charge in [0, 0.05) is 0 Å². The molecule has 1 unspecified atom stereocenters. The van der Waals surface area contributed by atoms with Crippen molar-refractivity contribution < 1.29 is 5.11 Å². The zero-order valence-electron chi connectivity index (χ0n) is 11.3. The minimum absolute atomic E-state index is 0.333. The maximum absolute atomic E-state index is 10.2. The van der Waals surface area contributed by atoms with E-state index < -0.39 is 6.10 Å². The number of aromatic amines is 1. The molecule has 3 aromatic rings. The molecule has 0 saturated carbocycles. The number of benzene rings is 2. The van der Waals surface area contributed by atoms with Crippen LogP contribution in [0.2, 0.25) is 0 Å². The van der Waals surface area contributed by atoms with Gasteiger partial charge in [0.05, 0.1) is 11.0 Å². The Morgan fingerprint density at radius 1 is 1.05 bits per heavy atom. The first kappa shape index (κ1) is 14.5. The van der Waals surface area contributed by atoms with Gasteiger partial charge in [-0.3, -0.25) is 5.41 Å². The van der Waals surface area contributed by atoms with E-state index in [1.54, 1.807) is 0 Å². The molecule has 0 spiro atoms. The number of nitrogens with one attached hydrogen (secondary N) is 2. The number of imidazole rings is 1. The highest BCUT2D eigenvalue weighted by Gasteiger charge is 2.13. The van der Waals surface area contributed by atoms with Crippen LogP contribution in [0.1, 0.15) is 17.5 Å². The first-order valence-corrected chi connectivity index (χ1v) is 6.35. The third-order valence-electron chi connectivity index (χ3n) is 2.78. The molecule has 21 heavy (non-hydrogen) atoms. The van der Waals surface area contributed by atoms with Crippen molar-refractivity contribution in [1.29, 1.82) is 5.41 Å². The Balaban J connectivity index is 0.000000361. The molecule has 0 radical (unpaired) electrons. The van der Waals surface area contributed by atoms with Crippen LogP contribution in [0.15, 0.2) is 54.6 Å². The lowest BCUT2D eigenvalue weighted by Gasteiger charge is -2.06. The average molecular weight is 283 g/mol. The summed E-state index contributed by atoms with van der Waals surface area (Å²) < 4.78 is 0. The van der Waals surface area contributed by atoms with Crippen molar-refractivity contribution in [2.24, 2.45) is 11.5 Å². The van der Waals surface area contributed by atoms with E-state index in [2.05, 4.69) is 21.4 Å². The van der Waals surface area contributed by atoms with Gasteiger partial charge in [0.1, 0.15) is 11.9 Å². The first-order chi connectivity index (χ1) is 10.1. The number of aliphatic hydroxyl groups is 1. The third kappa shape index (κ3) is 3.80. The minimum Gasteiger partial charge on any atom is -0.380 e. The lowest BCUT2D eigenvalue weighted by Crippen LogP contribution is -2.20. The number of aromatic nitrogens is 2. The molecule has 0 amide bonds. The van der Waals surface area contributed by atoms with E-state index in [0.717, 1.165) is 16.6 Å². The number of aliphatic hydroxyl groups excluding tert-OH is 1. The number of guanidine groups is 1. The predicted octanol–water partition coefficient (Wildman–Crippen LogP) is 1.48. The lowest BCUT2D eigenvalue weighted by molar-refractivity contribution is 0.211. The molecular formula is C15H17N5O. The van der Waals surface area contributed by atoms with Gasteiger partial charge in [-0.25, -0.2) is 4.98 Å². The van der Waals surface area contributed by atoms with Crippen LogP contribution in [0.25, 0.3) is 11.0 Å². The highest BCUT2D eigenvalue weighted by molar-refractivity contribution is 5.74. The smallest absolute Gasteiger partial charge is 0.183 e. The maximum Gasteiger partial charge on any atom is 0.183 e. The van der Waals surface area contributed by atoms with E-state index in [4.69, 9.17) is 5.41 Å². The van der Waals surface area contributed by atoms with E-state index in [1.165, 1.54) is 0 Å². The fourth-order valence-electron chi connectivity index (χ4n) is 1.90. The average Bonchev–Trinajstić information content (AvgIpc) is 2.90. The normalized spacial score (nSPS) is 11.5. The second-order valence-electron chi connectivity index (χ2n) is 4.41. The molecule has 108 valence electrons. The minimum atomic E-state index is -0.705. The topological polar surface area (TPSA) is 125 Å². The first-order valence-electron chi connectivity index (χ1n) is 6.35. The summed E-state index contributed by atoms with van der Waals surface area (Å²) in [6.45, 7) is 0. The molecule has 0 bridgehead atoms. The number of hydrogen-bond donors (Lipinski definition) is 5. The molecule has 0 saturated heterocycles. The largest absolute Gasteiger partial charge is 0.380 e. The van der Waals surface area contributed by atoms with Gasteiger partial charge in [-0.15, -0.1) is 0 Å². The number of rotatable bonds is 2. The molecule has 0 aliphatic rings. The molecule has 0 aliphatic carbocycles. The number of hydrogen-bond acceptors (Lipinski definition) is 3. The quantitative estimate of drug-likeness (QED) is 0.361. The summed E-state index contributed by atoms with van der Waals surface area (Å²) in [5.41, 5.74) is 11.6. The summed E-state index contributed by atoms with van der Waals surface area (Å²) in [5.74, 6) is 0.248. The van der Waals surface area contributed by atoms with Crippen LogP contribution in [0.5, 0.6) is 0 Å². The van der Waals surface area contributed by atoms with Crippen molar-refractivity contribution in [3.05, 3.63) is 66.0 Å². The number of nitrogens with two attached hydrogens (primary N) is 2. The summed E-state index contributed by atoms with van der Waals surface area (Å²) >= 11 is 0. The summed E-state index contributed by atoms with van der Waals surface area (Å²) in [4.78, 5) is 7.52. The van der Waals surface area contributed by atoms with Crippen LogP contribution < -0.4 is 11.5 Å². The van der Waals surface area contributed by atoms with Crippen LogP contribution in [-0.4, -0.2) is 21.0 Å². The van der Waals surface area contributed by atoms with Crippen LogP contribution in [0.4, 0.5) is 0 Å². The Bertz CT molecular complexity index is 686. The molecule has 2 aromatic carbocycles. The van der Waals surface area contributed by atoms with Crippen LogP contribution in [0.3, 0.4) is 0 Å². The van der Waals surface area contributed by atoms with E-state index >= 15 is 0 Å². The maximum atomic E-state index is 10.2. The molecule has 1 aromatic heterocycles. The number of H-pyrrole nitrogens is 1. The van der Waals surface area contributed by atoms with E-state index in [0.29, 0.717) is 5.82 Å². The molecule has 6 heteroatoms. The van der Waals surface area contributed by atoms with Gasteiger partial charge < -0.3 is 21.6 Å². The highest BCUT2D eigenvalue weighted by atomic mass is 16.3. The Kier molecular flexibility index (Phi) is 4.53. The highest BCUT2D eigenvalue weighted by Crippen LogP contribution is 2.21. The number of nitrogens with zero attached hydrogens (tertiary/aromatic N) is 1. The molecular weight excluding hydrogens is 266 g/mol. The summed E-state index contributed by atoms with van der Waals surface area (Å²) in [5, 5.41) is 16.3. The molecule has 1 atom stereocenters. The SMILES string of the molecule is N=C(N)N.OC(c1ccccc1)c1nc2ccccc2[nH]1. The van der Waals surface area contributed by atoms with Gasteiger partial charge >= 0.3 is 0 Å². The summed E-state index contributed by atoms with van der Waals surface area (Å²) in [7, 11) is 0. The monoisotopic (exact) mass is 283 g/mol. The van der Waals surface area contributed by atoms with Crippen molar-refractivity contribution in [3.8, 4) is 0 Å². The van der Waals surface area contributed by atoms with Crippen LogP contribution in [0, 0.1) is 5.41 Å². The van der Waals surface area contributed by atoms with Gasteiger partial charge in [0.15, 0.2) is 5.96 Å². The molecule has 7 N–H and O–H groups in total. The number of para-hydroxylation sites is 2. The molecule has 0 aliphatic heterocycles. The van der Waals surface area contributed by atoms with Gasteiger partial charge in [-0.05, 0) is 17.7 Å². The van der Waals surface area contributed by atoms with Gasteiger partial charge in [-0.1, -0.05) is 42.5 Å². The van der Waals surface area contributed by atoms with Gasteiger partial charge in [0.2, 0.25) is 0 Å². The molecule has 1 heterocycles. The Morgan fingerprint density at radius 2 is 1.62 bits per heavy atom. The lowest BCUT2D eigenvalue weighted by atomic mass is 10.1. The van der Waals surface area contributed by atoms with E-state index in [-0.39, 0.29) is 5.96 Å². The Hall–Kier alpha value is -2.86.